The Bertz CT molecular complexity index is 780. The first kappa shape index (κ1) is 12.9. The van der Waals surface area contributed by atoms with Crippen LogP contribution < -0.4 is 4.74 Å². The Morgan fingerprint density at radius 2 is 1.85 bits per heavy atom. The van der Waals surface area contributed by atoms with E-state index < -0.39 is 0 Å². The highest BCUT2D eigenvalue weighted by Crippen LogP contribution is 2.27. The van der Waals surface area contributed by atoms with Gasteiger partial charge in [-0.2, -0.15) is 5.10 Å². The summed E-state index contributed by atoms with van der Waals surface area (Å²) >= 11 is 6.25. The Kier molecular flexibility index (Phi) is 3.06. The molecule has 0 saturated heterocycles. The van der Waals surface area contributed by atoms with Gasteiger partial charge in [-0.3, -0.25) is 4.68 Å². The van der Waals surface area contributed by atoms with Crippen molar-refractivity contribution in [3.63, 3.8) is 0 Å². The van der Waals surface area contributed by atoms with E-state index in [4.69, 9.17) is 16.3 Å². The van der Waals surface area contributed by atoms with Crippen LogP contribution in [0, 0.1) is 6.92 Å². The highest BCUT2D eigenvalue weighted by atomic mass is 35.5. The maximum atomic E-state index is 6.25. The summed E-state index contributed by atoms with van der Waals surface area (Å²) in [5.41, 5.74) is 3.25. The molecule has 0 atom stereocenters. The van der Waals surface area contributed by atoms with Crippen molar-refractivity contribution in [2.75, 3.05) is 7.11 Å². The van der Waals surface area contributed by atoms with E-state index in [9.17, 15) is 0 Å². The van der Waals surface area contributed by atoms with Crippen LogP contribution in [-0.2, 0) is 7.05 Å². The molecule has 1 aromatic carbocycles. The Morgan fingerprint density at radius 3 is 2.50 bits per heavy atom. The summed E-state index contributed by atoms with van der Waals surface area (Å²) in [6, 6.07) is 7.55. The third-order valence-corrected chi connectivity index (χ3v) is 3.42. The Balaban J connectivity index is 2.18. The zero-order valence-electron chi connectivity index (χ0n) is 11.4. The molecule has 102 valence electrons. The molecule has 0 unspecified atom stereocenters. The molecule has 2 aromatic heterocycles. The highest BCUT2D eigenvalue weighted by molar-refractivity contribution is 6.33. The van der Waals surface area contributed by atoms with Gasteiger partial charge in [0.05, 0.1) is 12.8 Å². The molecule has 0 amide bonds. The number of aromatic nitrogens is 4. The lowest BCUT2D eigenvalue weighted by atomic mass is 10.2. The average molecular weight is 289 g/mol. The average Bonchev–Trinajstić information content (AvgIpc) is 2.74. The molecule has 0 fully saturated rings. The van der Waals surface area contributed by atoms with Crippen LogP contribution >= 0.6 is 11.6 Å². The lowest BCUT2D eigenvalue weighted by Crippen LogP contribution is -1.95. The number of ether oxygens (including phenoxy) is 1. The minimum absolute atomic E-state index is 0.406. The van der Waals surface area contributed by atoms with E-state index >= 15 is 0 Å². The second-order valence-corrected chi connectivity index (χ2v) is 4.83. The van der Waals surface area contributed by atoms with Crippen LogP contribution in [0.4, 0.5) is 0 Å². The largest absolute Gasteiger partial charge is 0.497 e. The first-order valence-electron chi connectivity index (χ1n) is 6.11. The van der Waals surface area contributed by atoms with E-state index in [2.05, 4.69) is 15.1 Å². The van der Waals surface area contributed by atoms with E-state index in [-0.39, 0.29) is 0 Å². The molecule has 3 rings (SSSR count). The van der Waals surface area contributed by atoms with Crippen LogP contribution in [0.15, 0.2) is 24.3 Å². The Hall–Kier alpha value is -2.14. The number of nitrogens with zero attached hydrogens (tertiary/aromatic N) is 4. The van der Waals surface area contributed by atoms with Gasteiger partial charge in [0.25, 0.3) is 0 Å². The van der Waals surface area contributed by atoms with Crippen LogP contribution in [0.1, 0.15) is 5.69 Å². The van der Waals surface area contributed by atoms with Crippen molar-refractivity contribution in [3.05, 3.63) is 35.1 Å². The molecule has 0 saturated carbocycles. The Morgan fingerprint density at radius 1 is 1.15 bits per heavy atom. The molecular formula is C14H13ClN4O. The summed E-state index contributed by atoms with van der Waals surface area (Å²) in [5, 5.41) is 4.73. The van der Waals surface area contributed by atoms with Crippen molar-refractivity contribution in [1.29, 1.82) is 0 Å². The number of hydrogen-bond donors (Lipinski definition) is 0. The van der Waals surface area contributed by atoms with Gasteiger partial charge in [0, 0.05) is 12.6 Å². The summed E-state index contributed by atoms with van der Waals surface area (Å²) in [4.78, 5) is 8.92. The van der Waals surface area contributed by atoms with Crippen molar-refractivity contribution in [3.8, 4) is 17.1 Å². The zero-order valence-corrected chi connectivity index (χ0v) is 12.1. The van der Waals surface area contributed by atoms with Gasteiger partial charge < -0.3 is 4.74 Å². The molecule has 0 aliphatic rings. The van der Waals surface area contributed by atoms with Gasteiger partial charge in [-0.25, -0.2) is 9.97 Å². The van der Waals surface area contributed by atoms with E-state index in [1.807, 2.05) is 38.2 Å². The maximum absolute atomic E-state index is 6.25. The van der Waals surface area contributed by atoms with Crippen LogP contribution in [0.5, 0.6) is 5.75 Å². The number of hydrogen-bond acceptors (Lipinski definition) is 4. The molecule has 2 heterocycles. The van der Waals surface area contributed by atoms with Crippen LogP contribution in [-0.4, -0.2) is 26.9 Å². The number of fused-ring (bicyclic) bond motifs is 1. The van der Waals surface area contributed by atoms with Crippen LogP contribution in [0.25, 0.3) is 22.4 Å². The second kappa shape index (κ2) is 4.76. The molecule has 6 heteroatoms. The minimum atomic E-state index is 0.406. The fraction of sp³-hybridized carbons (Fsp3) is 0.214. The normalized spacial score (nSPS) is 11.0. The van der Waals surface area contributed by atoms with E-state index in [1.165, 1.54) is 0 Å². The van der Waals surface area contributed by atoms with Crippen molar-refractivity contribution in [2.24, 2.45) is 7.05 Å². The maximum Gasteiger partial charge on any atom is 0.161 e. The van der Waals surface area contributed by atoms with Crippen LogP contribution in [0.2, 0.25) is 5.15 Å². The highest BCUT2D eigenvalue weighted by Gasteiger charge is 2.14. The van der Waals surface area contributed by atoms with Gasteiger partial charge >= 0.3 is 0 Å². The van der Waals surface area contributed by atoms with Crippen LogP contribution in [0.3, 0.4) is 0 Å². The fourth-order valence-corrected chi connectivity index (χ4v) is 2.45. The SMILES string of the molecule is COc1ccc(-c2nc(Cl)c3c(n2)c(C)nn3C)cc1. The van der Waals surface area contributed by atoms with E-state index in [0.717, 1.165) is 28.0 Å². The number of benzene rings is 1. The molecule has 0 N–H and O–H groups in total. The summed E-state index contributed by atoms with van der Waals surface area (Å²) in [7, 11) is 3.46. The number of methoxy groups -OCH3 is 1. The monoisotopic (exact) mass is 288 g/mol. The third kappa shape index (κ3) is 2.00. The number of aryl methyl sites for hydroxylation is 2. The van der Waals surface area contributed by atoms with E-state index in [0.29, 0.717) is 11.0 Å². The topological polar surface area (TPSA) is 52.8 Å². The van der Waals surface area contributed by atoms with Crippen molar-refractivity contribution in [2.45, 2.75) is 6.92 Å². The smallest absolute Gasteiger partial charge is 0.161 e. The van der Waals surface area contributed by atoms with Gasteiger partial charge in [-0.15, -0.1) is 0 Å². The first-order chi connectivity index (χ1) is 9.60. The minimum Gasteiger partial charge on any atom is -0.497 e. The van der Waals surface area contributed by atoms with Crippen molar-refractivity contribution >= 4 is 22.6 Å². The predicted molar refractivity (Wildman–Crippen MR) is 78.0 cm³/mol. The molecule has 0 aliphatic carbocycles. The molecule has 20 heavy (non-hydrogen) atoms. The lowest BCUT2D eigenvalue weighted by molar-refractivity contribution is 0.415. The standard InChI is InChI=1S/C14H13ClN4O/c1-8-11-12(19(2)18-8)13(15)17-14(16-11)9-4-6-10(20-3)7-5-9/h4-7H,1-3H3. The van der Waals surface area contributed by atoms with Gasteiger partial charge in [-0.05, 0) is 31.2 Å². The van der Waals surface area contributed by atoms with E-state index in [1.54, 1.807) is 11.8 Å². The second-order valence-electron chi connectivity index (χ2n) is 4.47. The van der Waals surface area contributed by atoms with Crippen molar-refractivity contribution in [1.82, 2.24) is 19.7 Å². The van der Waals surface area contributed by atoms with Crippen molar-refractivity contribution < 1.29 is 4.74 Å². The quantitative estimate of drug-likeness (QED) is 0.680. The number of rotatable bonds is 2. The first-order valence-corrected chi connectivity index (χ1v) is 6.49. The molecule has 0 radical (unpaired) electrons. The molecular weight excluding hydrogens is 276 g/mol. The summed E-state index contributed by atoms with van der Waals surface area (Å²) in [5.74, 6) is 1.37. The molecule has 0 spiro atoms. The van der Waals surface area contributed by atoms with Gasteiger partial charge in [0.15, 0.2) is 11.0 Å². The lowest BCUT2D eigenvalue weighted by Gasteiger charge is -2.04. The third-order valence-electron chi connectivity index (χ3n) is 3.16. The van der Waals surface area contributed by atoms with Gasteiger partial charge in [0.2, 0.25) is 0 Å². The molecule has 3 aromatic rings. The fourth-order valence-electron chi connectivity index (χ4n) is 2.16. The van der Waals surface area contributed by atoms with Gasteiger partial charge in [-0.1, -0.05) is 11.6 Å². The summed E-state index contributed by atoms with van der Waals surface area (Å²) in [6.07, 6.45) is 0. The zero-order chi connectivity index (χ0) is 14.3. The summed E-state index contributed by atoms with van der Waals surface area (Å²) < 4.78 is 6.84. The molecule has 0 aliphatic heterocycles. The summed E-state index contributed by atoms with van der Waals surface area (Å²) in [6.45, 7) is 1.91. The molecule has 5 nitrogen and oxygen atoms in total. The predicted octanol–water partition coefficient (Wildman–Crippen LogP) is 3.00. The number of halogens is 1. The molecule has 0 bridgehead atoms. The Labute approximate surface area is 121 Å². The van der Waals surface area contributed by atoms with Gasteiger partial charge in [0.1, 0.15) is 16.8 Å².